The number of nitrogens with zero attached hydrogens (tertiary/aromatic N) is 1. The Kier molecular flexibility index (Phi) is 5.32. The van der Waals surface area contributed by atoms with Gasteiger partial charge in [0.25, 0.3) is 5.91 Å². The minimum absolute atomic E-state index is 0.102. The Morgan fingerprint density at radius 2 is 1.63 bits per heavy atom. The number of ether oxygens (including phenoxy) is 1. The molecule has 3 aromatic rings. The molecule has 0 aliphatic rings. The number of carbonyl (C=O) groups excluding carboxylic acids is 1. The third kappa shape index (κ3) is 4.40. The van der Waals surface area contributed by atoms with E-state index in [0.29, 0.717) is 5.69 Å². The smallest absolute Gasteiger partial charge is 0.311 e. The van der Waals surface area contributed by atoms with E-state index in [0.717, 1.165) is 11.4 Å². The van der Waals surface area contributed by atoms with Crippen molar-refractivity contribution in [3.63, 3.8) is 0 Å². The zero-order valence-corrected chi connectivity index (χ0v) is 14.5. The number of rotatable bonds is 6. The number of benzene rings is 3. The molecule has 0 saturated carbocycles. The third-order valence-corrected chi connectivity index (χ3v) is 3.82. The summed E-state index contributed by atoms with van der Waals surface area (Å²) in [4.78, 5) is 23.0. The van der Waals surface area contributed by atoms with E-state index in [1.807, 2.05) is 36.4 Å². The predicted octanol–water partition coefficient (Wildman–Crippen LogP) is 4.60. The number of hydrogen-bond acceptors (Lipinski definition) is 5. The molecule has 0 bridgehead atoms. The number of anilines is 3. The van der Waals surface area contributed by atoms with Crippen molar-refractivity contribution in [1.29, 1.82) is 0 Å². The van der Waals surface area contributed by atoms with Crippen LogP contribution in [-0.2, 0) is 0 Å². The second-order valence-corrected chi connectivity index (χ2v) is 5.67. The Morgan fingerprint density at radius 1 is 0.926 bits per heavy atom. The quantitative estimate of drug-likeness (QED) is 0.493. The number of nitrogens with one attached hydrogen (secondary N) is 2. The van der Waals surface area contributed by atoms with E-state index in [2.05, 4.69) is 10.6 Å². The van der Waals surface area contributed by atoms with Crippen LogP contribution in [0.2, 0.25) is 0 Å². The lowest BCUT2D eigenvalue weighted by Crippen LogP contribution is -2.12. The molecule has 3 aromatic carbocycles. The number of methoxy groups -OCH3 is 1. The maximum absolute atomic E-state index is 12.5. The minimum atomic E-state index is -0.583. The second-order valence-electron chi connectivity index (χ2n) is 5.67. The third-order valence-electron chi connectivity index (χ3n) is 3.82. The fourth-order valence-corrected chi connectivity index (χ4v) is 2.54. The van der Waals surface area contributed by atoms with Crippen molar-refractivity contribution in [3.05, 3.63) is 88.5 Å². The zero-order chi connectivity index (χ0) is 19.2. The first-order valence-corrected chi connectivity index (χ1v) is 8.13. The topological polar surface area (TPSA) is 93.5 Å². The normalized spacial score (nSPS) is 10.1. The molecular formula is C20H17N3O4. The van der Waals surface area contributed by atoms with E-state index in [-0.39, 0.29) is 17.0 Å². The zero-order valence-electron chi connectivity index (χ0n) is 14.5. The Morgan fingerprint density at radius 3 is 2.33 bits per heavy atom. The van der Waals surface area contributed by atoms with Gasteiger partial charge in [-0.3, -0.25) is 14.9 Å². The Hall–Kier alpha value is -3.87. The number of amides is 1. The Labute approximate surface area is 155 Å². The highest BCUT2D eigenvalue weighted by molar-refractivity contribution is 6.05. The van der Waals surface area contributed by atoms with Crippen molar-refractivity contribution in [2.45, 2.75) is 0 Å². The van der Waals surface area contributed by atoms with Crippen LogP contribution in [-0.4, -0.2) is 17.9 Å². The first kappa shape index (κ1) is 17.9. The number of hydrogen-bond donors (Lipinski definition) is 2. The van der Waals surface area contributed by atoms with Gasteiger partial charge in [0.2, 0.25) is 0 Å². The van der Waals surface area contributed by atoms with Crippen molar-refractivity contribution >= 4 is 28.7 Å². The first-order valence-electron chi connectivity index (χ1n) is 8.13. The molecule has 0 saturated heterocycles. The molecule has 7 heteroatoms. The van der Waals surface area contributed by atoms with Gasteiger partial charge in [-0.15, -0.1) is 0 Å². The summed E-state index contributed by atoms with van der Waals surface area (Å²) in [5.74, 6) is -0.344. The standard InChI is InChI=1S/C20H17N3O4/c1-27-19-11-10-14(12-18(19)23(25)26)20(24)22-17-9-5-8-16(13-17)21-15-6-3-2-4-7-15/h2-13,21H,1H3,(H,22,24). The van der Waals surface area contributed by atoms with Crippen LogP contribution >= 0.6 is 0 Å². The molecule has 0 unspecified atom stereocenters. The second kappa shape index (κ2) is 8.01. The minimum Gasteiger partial charge on any atom is -0.490 e. The lowest BCUT2D eigenvalue weighted by molar-refractivity contribution is -0.385. The fourth-order valence-electron chi connectivity index (χ4n) is 2.54. The fraction of sp³-hybridized carbons (Fsp3) is 0.0500. The molecule has 1 amide bonds. The van der Waals surface area contributed by atoms with E-state index in [4.69, 9.17) is 4.74 Å². The molecule has 0 spiro atoms. The summed E-state index contributed by atoms with van der Waals surface area (Å²) in [6.07, 6.45) is 0. The van der Waals surface area contributed by atoms with Crippen LogP contribution < -0.4 is 15.4 Å². The summed E-state index contributed by atoms with van der Waals surface area (Å²) in [7, 11) is 1.34. The largest absolute Gasteiger partial charge is 0.490 e. The van der Waals surface area contributed by atoms with Crippen LogP contribution in [0.25, 0.3) is 0 Å². The van der Waals surface area contributed by atoms with Crippen molar-refractivity contribution in [2.75, 3.05) is 17.7 Å². The lowest BCUT2D eigenvalue weighted by Gasteiger charge is -2.10. The molecule has 27 heavy (non-hydrogen) atoms. The van der Waals surface area contributed by atoms with E-state index >= 15 is 0 Å². The highest BCUT2D eigenvalue weighted by Gasteiger charge is 2.18. The highest BCUT2D eigenvalue weighted by Crippen LogP contribution is 2.28. The molecule has 7 nitrogen and oxygen atoms in total. The van der Waals surface area contributed by atoms with Gasteiger partial charge in [-0.1, -0.05) is 24.3 Å². The van der Waals surface area contributed by atoms with Crippen LogP contribution in [0.3, 0.4) is 0 Å². The summed E-state index contributed by atoms with van der Waals surface area (Å²) >= 11 is 0. The molecule has 2 N–H and O–H groups in total. The van der Waals surface area contributed by atoms with Crippen LogP contribution in [0.1, 0.15) is 10.4 Å². The van der Waals surface area contributed by atoms with E-state index in [1.54, 1.807) is 18.2 Å². The molecule has 0 atom stereocenters. The number of para-hydroxylation sites is 1. The van der Waals surface area contributed by atoms with Gasteiger partial charge < -0.3 is 15.4 Å². The molecule has 0 aromatic heterocycles. The van der Waals surface area contributed by atoms with E-state index < -0.39 is 10.8 Å². The average molecular weight is 363 g/mol. The number of nitro benzene ring substituents is 1. The van der Waals surface area contributed by atoms with Gasteiger partial charge in [0, 0.05) is 28.7 Å². The Bertz CT molecular complexity index is 974. The van der Waals surface area contributed by atoms with Gasteiger partial charge in [-0.25, -0.2) is 0 Å². The Balaban J connectivity index is 1.77. The van der Waals surface area contributed by atoms with Crippen LogP contribution in [0.4, 0.5) is 22.7 Å². The van der Waals surface area contributed by atoms with Gasteiger partial charge in [0.1, 0.15) is 0 Å². The SMILES string of the molecule is COc1ccc(C(=O)Nc2cccc(Nc3ccccc3)c2)cc1[N+](=O)[O-]. The first-order chi connectivity index (χ1) is 13.1. The number of carbonyl (C=O) groups is 1. The van der Waals surface area contributed by atoms with Crippen molar-refractivity contribution in [2.24, 2.45) is 0 Å². The monoisotopic (exact) mass is 363 g/mol. The van der Waals surface area contributed by atoms with E-state index in [9.17, 15) is 14.9 Å². The van der Waals surface area contributed by atoms with Crippen molar-refractivity contribution < 1.29 is 14.5 Å². The average Bonchev–Trinajstić information content (AvgIpc) is 2.68. The molecule has 0 fully saturated rings. The molecule has 0 aliphatic heterocycles. The summed E-state index contributed by atoms with van der Waals surface area (Å²) in [6, 6.07) is 20.9. The maximum atomic E-state index is 12.5. The summed E-state index contributed by atoms with van der Waals surface area (Å²) < 4.78 is 4.95. The summed E-state index contributed by atoms with van der Waals surface area (Å²) in [6.45, 7) is 0. The van der Waals surface area contributed by atoms with Crippen LogP contribution in [0.5, 0.6) is 5.75 Å². The highest BCUT2D eigenvalue weighted by atomic mass is 16.6. The van der Waals surface area contributed by atoms with Gasteiger partial charge in [0.15, 0.2) is 5.75 Å². The molecule has 0 aliphatic carbocycles. The summed E-state index contributed by atoms with van der Waals surface area (Å²) in [5.41, 5.74) is 2.21. The van der Waals surface area contributed by atoms with Crippen molar-refractivity contribution in [1.82, 2.24) is 0 Å². The van der Waals surface area contributed by atoms with Crippen LogP contribution in [0, 0.1) is 10.1 Å². The van der Waals surface area contributed by atoms with Gasteiger partial charge in [0.05, 0.1) is 12.0 Å². The summed E-state index contributed by atoms with van der Waals surface area (Å²) in [5, 5.41) is 17.1. The van der Waals surface area contributed by atoms with Gasteiger partial charge in [-0.2, -0.15) is 0 Å². The van der Waals surface area contributed by atoms with E-state index in [1.165, 1.54) is 25.3 Å². The predicted molar refractivity (Wildman–Crippen MR) is 104 cm³/mol. The molecule has 0 heterocycles. The lowest BCUT2D eigenvalue weighted by atomic mass is 10.1. The molecule has 3 rings (SSSR count). The number of nitro groups is 1. The van der Waals surface area contributed by atoms with Gasteiger partial charge in [-0.05, 0) is 42.5 Å². The maximum Gasteiger partial charge on any atom is 0.311 e. The van der Waals surface area contributed by atoms with Crippen molar-refractivity contribution in [3.8, 4) is 5.75 Å². The molecule has 136 valence electrons. The molecule has 0 radical (unpaired) electrons. The van der Waals surface area contributed by atoms with Gasteiger partial charge >= 0.3 is 5.69 Å². The molecular weight excluding hydrogens is 346 g/mol. The van der Waals surface area contributed by atoms with Crippen LogP contribution in [0.15, 0.2) is 72.8 Å².